The Balaban J connectivity index is 2.34. The zero-order chi connectivity index (χ0) is 18.0. The number of carbonyl (C=O) groups excluding carboxylic acids is 1. The van der Waals surface area contributed by atoms with Crippen molar-refractivity contribution in [2.45, 2.75) is 57.5 Å². The molecular formula is C19H28N2O2Si. The van der Waals surface area contributed by atoms with Crippen LogP contribution in [-0.4, -0.2) is 44.4 Å². The van der Waals surface area contributed by atoms with Gasteiger partial charge in [-0.15, -0.1) is 0 Å². The van der Waals surface area contributed by atoms with Gasteiger partial charge in [0.2, 0.25) is 5.91 Å². The number of nitrogens with zero attached hydrogens (tertiary/aromatic N) is 1. The maximum Gasteiger partial charge on any atom is 0.229 e. The Hall–Kier alpha value is -1.53. The van der Waals surface area contributed by atoms with Gasteiger partial charge in [0.05, 0.1) is 12.0 Å². The van der Waals surface area contributed by atoms with E-state index in [0.717, 1.165) is 0 Å². The molecule has 0 aromatic rings. The molecule has 3 atom stereocenters. The summed E-state index contributed by atoms with van der Waals surface area (Å²) in [4.78, 5) is 14.3. The molecular weight excluding hydrogens is 316 g/mol. The van der Waals surface area contributed by atoms with E-state index in [4.69, 9.17) is 10.2 Å². The first kappa shape index (κ1) is 18.8. The fourth-order valence-corrected chi connectivity index (χ4v) is 3.93. The highest BCUT2D eigenvalue weighted by atomic mass is 28.4. The SMILES string of the molecule is CC(C)(C)[Si](C)(C)OC1C#C/C=C\C#CC[C@H]2C(=O)N(CCN)[C@H]12. The van der Waals surface area contributed by atoms with Crippen molar-refractivity contribution in [1.82, 2.24) is 4.90 Å². The number of carbonyl (C=O) groups is 1. The maximum absolute atomic E-state index is 12.4. The van der Waals surface area contributed by atoms with E-state index >= 15 is 0 Å². The Morgan fingerprint density at radius 1 is 1.33 bits per heavy atom. The van der Waals surface area contributed by atoms with Crippen LogP contribution in [0.1, 0.15) is 27.2 Å². The fraction of sp³-hybridized carbons (Fsp3) is 0.632. The molecule has 1 heterocycles. The molecule has 5 heteroatoms. The number of amides is 1. The van der Waals surface area contributed by atoms with Gasteiger partial charge in [0.1, 0.15) is 6.10 Å². The molecule has 0 aromatic carbocycles. The third-order valence-electron chi connectivity index (χ3n) is 5.18. The summed E-state index contributed by atoms with van der Waals surface area (Å²) in [5.41, 5.74) is 5.69. The van der Waals surface area contributed by atoms with Crippen LogP contribution in [0, 0.1) is 29.6 Å². The second kappa shape index (κ2) is 7.15. The predicted octanol–water partition coefficient (Wildman–Crippen LogP) is 2.13. The fourth-order valence-electron chi connectivity index (χ4n) is 2.74. The van der Waals surface area contributed by atoms with Gasteiger partial charge in [-0.25, -0.2) is 0 Å². The van der Waals surface area contributed by atoms with Gasteiger partial charge in [0, 0.05) is 19.5 Å². The van der Waals surface area contributed by atoms with Crippen molar-refractivity contribution in [3.63, 3.8) is 0 Å². The molecule has 130 valence electrons. The molecule has 2 aliphatic rings. The van der Waals surface area contributed by atoms with Crippen LogP contribution in [0.4, 0.5) is 0 Å². The smallest absolute Gasteiger partial charge is 0.229 e. The van der Waals surface area contributed by atoms with E-state index in [1.807, 2.05) is 4.90 Å². The topological polar surface area (TPSA) is 55.6 Å². The number of likely N-dealkylation sites (tertiary alicyclic amines) is 1. The zero-order valence-electron chi connectivity index (χ0n) is 15.3. The van der Waals surface area contributed by atoms with E-state index in [9.17, 15) is 4.79 Å². The molecule has 1 unspecified atom stereocenters. The molecule has 1 amide bonds. The first-order chi connectivity index (χ1) is 11.2. The Labute approximate surface area is 146 Å². The van der Waals surface area contributed by atoms with Gasteiger partial charge in [-0.05, 0) is 30.3 Å². The second-order valence-corrected chi connectivity index (χ2v) is 12.6. The first-order valence-electron chi connectivity index (χ1n) is 8.52. The van der Waals surface area contributed by atoms with Crippen LogP contribution in [0.15, 0.2) is 12.2 Å². The molecule has 0 aromatic heterocycles. The molecule has 1 saturated heterocycles. The number of hydrogen-bond donors (Lipinski definition) is 1. The molecule has 1 aliphatic heterocycles. The molecule has 24 heavy (non-hydrogen) atoms. The molecule has 4 nitrogen and oxygen atoms in total. The maximum atomic E-state index is 12.4. The number of nitrogens with two attached hydrogens (primary N) is 1. The summed E-state index contributed by atoms with van der Waals surface area (Å²) in [5, 5.41) is 0.0849. The highest BCUT2D eigenvalue weighted by molar-refractivity contribution is 6.74. The summed E-state index contributed by atoms with van der Waals surface area (Å²) < 4.78 is 6.58. The number of allylic oxidation sites excluding steroid dienone is 2. The zero-order valence-corrected chi connectivity index (χ0v) is 16.3. The Kier molecular flexibility index (Phi) is 5.60. The standard InChI is InChI=1S/C19H28N2O2Si/c1-19(2,3)24(4,5)23-16-12-10-8-6-7-9-11-15-17(16)21(14-13-20)18(15)22/h6,8,15-17H,11,13-14,20H2,1-5H3/b8-6-/t15-,16?,17+/m1/s1. The normalized spacial score (nSPS) is 27.8. The summed E-state index contributed by atoms with van der Waals surface area (Å²) in [6, 6.07) is -0.0523. The monoisotopic (exact) mass is 344 g/mol. The second-order valence-electron chi connectivity index (χ2n) is 7.86. The summed E-state index contributed by atoms with van der Waals surface area (Å²) in [6.45, 7) is 12.0. The van der Waals surface area contributed by atoms with Crippen molar-refractivity contribution in [2.24, 2.45) is 11.7 Å². The van der Waals surface area contributed by atoms with E-state index in [-0.39, 0.29) is 29.0 Å². The Morgan fingerprint density at radius 3 is 2.62 bits per heavy atom. The molecule has 1 fully saturated rings. The molecule has 0 bridgehead atoms. The predicted molar refractivity (Wildman–Crippen MR) is 99.4 cm³/mol. The highest BCUT2D eigenvalue weighted by Gasteiger charge is 2.52. The van der Waals surface area contributed by atoms with Gasteiger partial charge < -0.3 is 15.1 Å². The lowest BCUT2D eigenvalue weighted by atomic mass is 9.81. The van der Waals surface area contributed by atoms with Crippen molar-refractivity contribution < 1.29 is 9.22 Å². The number of fused-ring (bicyclic) bond motifs is 1. The van der Waals surface area contributed by atoms with Gasteiger partial charge in [-0.2, -0.15) is 0 Å². The third-order valence-corrected chi connectivity index (χ3v) is 9.64. The summed E-state index contributed by atoms with van der Waals surface area (Å²) in [7, 11) is -2.00. The highest BCUT2D eigenvalue weighted by Crippen LogP contribution is 2.40. The van der Waals surface area contributed by atoms with Crippen LogP contribution in [0.2, 0.25) is 18.1 Å². The Bertz CT molecular complexity index is 640. The van der Waals surface area contributed by atoms with Crippen molar-refractivity contribution in [3.05, 3.63) is 12.2 Å². The minimum absolute atomic E-state index is 0.0523. The van der Waals surface area contributed by atoms with E-state index in [2.05, 4.69) is 57.5 Å². The minimum atomic E-state index is -2.00. The summed E-state index contributed by atoms with van der Waals surface area (Å²) >= 11 is 0. The molecule has 2 N–H and O–H groups in total. The van der Waals surface area contributed by atoms with Crippen molar-refractivity contribution >= 4 is 14.2 Å². The van der Waals surface area contributed by atoms with Crippen LogP contribution < -0.4 is 5.73 Å². The van der Waals surface area contributed by atoms with Crippen LogP contribution in [0.5, 0.6) is 0 Å². The van der Waals surface area contributed by atoms with Crippen LogP contribution in [-0.2, 0) is 9.22 Å². The third kappa shape index (κ3) is 3.75. The molecule has 0 spiro atoms. The molecule has 0 saturated carbocycles. The van der Waals surface area contributed by atoms with Crippen molar-refractivity contribution in [1.29, 1.82) is 0 Å². The van der Waals surface area contributed by atoms with Crippen LogP contribution in [0.25, 0.3) is 0 Å². The van der Waals surface area contributed by atoms with E-state index < -0.39 is 8.32 Å². The van der Waals surface area contributed by atoms with Crippen LogP contribution >= 0.6 is 0 Å². The lowest BCUT2D eigenvalue weighted by Gasteiger charge is -2.51. The first-order valence-corrected chi connectivity index (χ1v) is 11.4. The van der Waals surface area contributed by atoms with E-state index in [1.54, 1.807) is 12.2 Å². The van der Waals surface area contributed by atoms with Gasteiger partial charge in [-0.1, -0.05) is 44.5 Å². The van der Waals surface area contributed by atoms with E-state index in [0.29, 0.717) is 19.5 Å². The lowest BCUT2D eigenvalue weighted by molar-refractivity contribution is -0.160. The minimum Gasteiger partial charge on any atom is -0.401 e. The summed E-state index contributed by atoms with van der Waals surface area (Å²) in [5.74, 6) is 12.2. The average Bonchev–Trinajstić information content (AvgIpc) is 2.49. The average molecular weight is 345 g/mol. The van der Waals surface area contributed by atoms with Gasteiger partial charge in [-0.3, -0.25) is 4.79 Å². The van der Waals surface area contributed by atoms with Gasteiger partial charge in [0.25, 0.3) is 0 Å². The number of hydrogen-bond acceptors (Lipinski definition) is 3. The lowest BCUT2D eigenvalue weighted by Crippen LogP contribution is -2.67. The summed E-state index contributed by atoms with van der Waals surface area (Å²) in [6.07, 6.45) is 3.75. The molecule has 1 aliphatic carbocycles. The van der Waals surface area contributed by atoms with Crippen LogP contribution in [0.3, 0.4) is 0 Å². The van der Waals surface area contributed by atoms with Crippen molar-refractivity contribution in [3.8, 4) is 23.7 Å². The largest absolute Gasteiger partial charge is 0.401 e. The van der Waals surface area contributed by atoms with Gasteiger partial charge >= 0.3 is 0 Å². The number of rotatable bonds is 4. The quantitative estimate of drug-likeness (QED) is 0.483. The molecule has 0 radical (unpaired) electrons. The number of β-lactam (4-membered cyclic amide) rings is 1. The van der Waals surface area contributed by atoms with E-state index in [1.165, 1.54) is 0 Å². The molecule has 2 rings (SSSR count). The van der Waals surface area contributed by atoms with Gasteiger partial charge in [0.15, 0.2) is 8.32 Å². The van der Waals surface area contributed by atoms with Crippen molar-refractivity contribution in [2.75, 3.05) is 13.1 Å². The Morgan fingerprint density at radius 2 is 2.00 bits per heavy atom.